The number of carbonyl (C=O) groups excluding carboxylic acids is 1. The first kappa shape index (κ1) is 14.1. The number of nitrogens with zero attached hydrogens (tertiary/aromatic N) is 1. The van der Waals surface area contributed by atoms with Crippen LogP contribution < -0.4 is 11.1 Å². The van der Waals surface area contributed by atoms with Gasteiger partial charge >= 0.3 is 5.97 Å². The fourth-order valence-corrected chi connectivity index (χ4v) is 1.39. The molecule has 1 atom stereocenters. The van der Waals surface area contributed by atoms with Gasteiger partial charge in [0.15, 0.2) is 0 Å². The van der Waals surface area contributed by atoms with Gasteiger partial charge in [-0.25, -0.2) is 0 Å². The molecule has 0 saturated heterocycles. The van der Waals surface area contributed by atoms with E-state index in [1.165, 1.54) is 0 Å². The fourth-order valence-electron chi connectivity index (χ4n) is 1.39. The average Bonchev–Trinajstić information content (AvgIpc) is 2.37. The van der Waals surface area contributed by atoms with Crippen molar-refractivity contribution in [3.05, 3.63) is 30.1 Å². The lowest BCUT2D eigenvalue weighted by Crippen LogP contribution is -2.33. The summed E-state index contributed by atoms with van der Waals surface area (Å²) in [6.45, 7) is 0.519. The number of pyridine rings is 1. The monoisotopic (exact) mass is 251 g/mol. The van der Waals surface area contributed by atoms with Gasteiger partial charge in [0.2, 0.25) is 5.91 Å². The zero-order chi connectivity index (χ0) is 13.4. The van der Waals surface area contributed by atoms with E-state index in [4.69, 9.17) is 10.8 Å². The van der Waals surface area contributed by atoms with Crippen LogP contribution in [0.2, 0.25) is 0 Å². The van der Waals surface area contributed by atoms with Crippen LogP contribution in [0.25, 0.3) is 0 Å². The van der Waals surface area contributed by atoms with Crippen molar-refractivity contribution < 1.29 is 14.7 Å². The predicted molar refractivity (Wildman–Crippen MR) is 65.8 cm³/mol. The van der Waals surface area contributed by atoms with E-state index >= 15 is 0 Å². The number of aromatic nitrogens is 1. The molecule has 1 amide bonds. The number of amides is 1. The lowest BCUT2D eigenvalue weighted by atomic mass is 10.1. The van der Waals surface area contributed by atoms with Crippen LogP contribution in [-0.2, 0) is 16.0 Å². The Balaban J connectivity index is 2.16. The number of carboxylic acid groups (broad SMARTS) is 1. The zero-order valence-electron chi connectivity index (χ0n) is 10.0. The van der Waals surface area contributed by atoms with Crippen molar-refractivity contribution >= 4 is 11.9 Å². The number of aliphatic carboxylic acids is 1. The van der Waals surface area contributed by atoms with Gasteiger partial charge in [-0.3, -0.25) is 14.6 Å². The molecule has 0 aliphatic carbocycles. The molecule has 1 aromatic rings. The minimum absolute atomic E-state index is 0.129. The largest absolute Gasteiger partial charge is 0.480 e. The van der Waals surface area contributed by atoms with Crippen LogP contribution in [0.3, 0.4) is 0 Å². The molecule has 0 fully saturated rings. The molecule has 6 heteroatoms. The Kier molecular flexibility index (Phi) is 5.79. The van der Waals surface area contributed by atoms with Crippen molar-refractivity contribution in [3.63, 3.8) is 0 Å². The van der Waals surface area contributed by atoms with E-state index in [-0.39, 0.29) is 18.7 Å². The van der Waals surface area contributed by atoms with E-state index in [1.54, 1.807) is 12.4 Å². The highest BCUT2D eigenvalue weighted by Crippen LogP contribution is 1.97. The summed E-state index contributed by atoms with van der Waals surface area (Å²) < 4.78 is 0. The molecule has 0 aliphatic rings. The Morgan fingerprint density at radius 2 is 2.06 bits per heavy atom. The predicted octanol–water partition coefficient (Wildman–Crippen LogP) is -0.0676. The number of carbonyl (C=O) groups is 2. The number of rotatable bonds is 7. The average molecular weight is 251 g/mol. The summed E-state index contributed by atoms with van der Waals surface area (Å²) in [5, 5.41) is 11.3. The molecule has 0 aromatic carbocycles. The third kappa shape index (κ3) is 5.40. The lowest BCUT2D eigenvalue weighted by molar-refractivity contribution is -0.138. The molecule has 98 valence electrons. The highest BCUT2D eigenvalue weighted by Gasteiger charge is 2.12. The molecule has 0 spiro atoms. The number of hydrogen-bond donors (Lipinski definition) is 3. The van der Waals surface area contributed by atoms with E-state index < -0.39 is 12.0 Å². The highest BCUT2D eigenvalue weighted by atomic mass is 16.4. The molecule has 6 nitrogen and oxygen atoms in total. The summed E-state index contributed by atoms with van der Waals surface area (Å²) in [6.07, 6.45) is 4.39. The van der Waals surface area contributed by atoms with Gasteiger partial charge in [-0.15, -0.1) is 0 Å². The number of hydrogen-bond acceptors (Lipinski definition) is 4. The normalized spacial score (nSPS) is 11.8. The van der Waals surface area contributed by atoms with Gasteiger partial charge in [0, 0.05) is 25.4 Å². The van der Waals surface area contributed by atoms with Gasteiger partial charge in [-0.2, -0.15) is 0 Å². The van der Waals surface area contributed by atoms with Crippen LogP contribution in [0.4, 0.5) is 0 Å². The van der Waals surface area contributed by atoms with E-state index in [0.717, 1.165) is 12.0 Å². The van der Waals surface area contributed by atoms with Crippen LogP contribution >= 0.6 is 0 Å². The van der Waals surface area contributed by atoms with Crippen molar-refractivity contribution in [1.29, 1.82) is 0 Å². The molecule has 1 aromatic heterocycles. The van der Waals surface area contributed by atoms with Gasteiger partial charge in [0.1, 0.15) is 6.04 Å². The van der Waals surface area contributed by atoms with Crippen molar-refractivity contribution in [3.8, 4) is 0 Å². The standard InChI is InChI=1S/C12H17N3O3/c13-10(12(17)18)1-2-11(16)15-8-5-9-3-6-14-7-4-9/h3-4,6-7,10H,1-2,5,8,13H2,(H,15,16)(H,17,18). The first-order valence-electron chi connectivity index (χ1n) is 5.73. The van der Waals surface area contributed by atoms with Crippen LogP contribution in [0.1, 0.15) is 18.4 Å². The SMILES string of the molecule is NC(CCC(=O)NCCc1ccncc1)C(=O)O. The van der Waals surface area contributed by atoms with Gasteiger partial charge in [0.25, 0.3) is 0 Å². The Bertz CT molecular complexity index is 395. The molecule has 0 aliphatic heterocycles. The minimum Gasteiger partial charge on any atom is -0.480 e. The van der Waals surface area contributed by atoms with E-state index in [0.29, 0.717) is 6.54 Å². The maximum atomic E-state index is 11.4. The molecule has 0 saturated carbocycles. The van der Waals surface area contributed by atoms with E-state index in [2.05, 4.69) is 10.3 Å². The van der Waals surface area contributed by atoms with Crippen molar-refractivity contribution in [2.24, 2.45) is 5.73 Å². The number of carboxylic acids is 1. The first-order chi connectivity index (χ1) is 8.59. The molecular weight excluding hydrogens is 234 g/mol. The fraction of sp³-hybridized carbons (Fsp3) is 0.417. The van der Waals surface area contributed by atoms with E-state index in [9.17, 15) is 9.59 Å². The smallest absolute Gasteiger partial charge is 0.320 e. The molecule has 0 radical (unpaired) electrons. The molecule has 1 unspecified atom stereocenters. The minimum atomic E-state index is -1.08. The Morgan fingerprint density at radius 1 is 1.39 bits per heavy atom. The van der Waals surface area contributed by atoms with Gasteiger partial charge in [-0.05, 0) is 30.5 Å². The maximum absolute atomic E-state index is 11.4. The Labute approximate surface area is 105 Å². The second kappa shape index (κ2) is 7.39. The van der Waals surface area contributed by atoms with Crippen LogP contribution in [-0.4, -0.2) is 34.6 Å². The summed E-state index contributed by atoms with van der Waals surface area (Å²) >= 11 is 0. The second-order valence-corrected chi connectivity index (χ2v) is 3.94. The molecule has 1 rings (SSSR count). The molecular formula is C12H17N3O3. The highest BCUT2D eigenvalue weighted by molar-refractivity contribution is 5.78. The second-order valence-electron chi connectivity index (χ2n) is 3.94. The summed E-state index contributed by atoms with van der Waals surface area (Å²) in [4.78, 5) is 25.7. The van der Waals surface area contributed by atoms with Gasteiger partial charge in [-0.1, -0.05) is 0 Å². The molecule has 4 N–H and O–H groups in total. The van der Waals surface area contributed by atoms with Crippen LogP contribution in [0.15, 0.2) is 24.5 Å². The number of nitrogens with two attached hydrogens (primary N) is 1. The van der Waals surface area contributed by atoms with E-state index in [1.807, 2.05) is 12.1 Å². The Hall–Kier alpha value is -1.95. The third-order valence-corrected chi connectivity index (χ3v) is 2.48. The summed E-state index contributed by atoms with van der Waals surface area (Å²) in [5.41, 5.74) is 6.39. The van der Waals surface area contributed by atoms with Crippen molar-refractivity contribution in [2.75, 3.05) is 6.54 Å². The van der Waals surface area contributed by atoms with Crippen molar-refractivity contribution in [1.82, 2.24) is 10.3 Å². The zero-order valence-corrected chi connectivity index (χ0v) is 10.0. The summed E-state index contributed by atoms with van der Waals surface area (Å²) in [5.74, 6) is -1.26. The molecule has 1 heterocycles. The van der Waals surface area contributed by atoms with Crippen LogP contribution in [0, 0.1) is 0 Å². The lowest BCUT2D eigenvalue weighted by Gasteiger charge is -2.07. The topological polar surface area (TPSA) is 105 Å². The quantitative estimate of drug-likeness (QED) is 0.629. The molecule has 0 bridgehead atoms. The Morgan fingerprint density at radius 3 is 2.67 bits per heavy atom. The van der Waals surface area contributed by atoms with Crippen molar-refractivity contribution in [2.45, 2.75) is 25.3 Å². The maximum Gasteiger partial charge on any atom is 0.320 e. The molecule has 18 heavy (non-hydrogen) atoms. The summed E-state index contributed by atoms with van der Waals surface area (Å²) in [7, 11) is 0. The summed E-state index contributed by atoms with van der Waals surface area (Å²) in [6, 6.07) is 2.79. The van der Waals surface area contributed by atoms with Gasteiger partial charge < -0.3 is 16.2 Å². The third-order valence-electron chi connectivity index (χ3n) is 2.48. The van der Waals surface area contributed by atoms with Gasteiger partial charge in [0.05, 0.1) is 0 Å². The van der Waals surface area contributed by atoms with Crippen LogP contribution in [0.5, 0.6) is 0 Å². The number of nitrogens with one attached hydrogen (secondary N) is 1. The first-order valence-corrected chi connectivity index (χ1v) is 5.73.